The summed E-state index contributed by atoms with van der Waals surface area (Å²) >= 11 is 0. The Hall–Kier alpha value is -3.25. The molecule has 1 aliphatic rings. The number of ether oxygens (including phenoxy) is 2. The number of nitrogens with zero attached hydrogens (tertiary/aromatic N) is 7. The highest BCUT2D eigenvalue weighted by molar-refractivity contribution is 5.78. The van der Waals surface area contributed by atoms with E-state index >= 15 is 0 Å². The van der Waals surface area contributed by atoms with E-state index < -0.39 is 24.4 Å². The number of rotatable bonds is 7. The van der Waals surface area contributed by atoms with Gasteiger partial charge in [-0.2, -0.15) is 28.5 Å². The van der Waals surface area contributed by atoms with Crippen LogP contribution in [0.3, 0.4) is 0 Å². The van der Waals surface area contributed by atoms with E-state index in [9.17, 15) is 13.2 Å². The van der Waals surface area contributed by atoms with Gasteiger partial charge in [0.05, 0.1) is 67.3 Å². The van der Waals surface area contributed by atoms with Crippen molar-refractivity contribution in [1.29, 1.82) is 0 Å². The summed E-state index contributed by atoms with van der Waals surface area (Å²) in [4.78, 5) is 4.81. The molecular weight excluding hydrogens is 463 g/mol. The van der Waals surface area contributed by atoms with E-state index in [4.69, 9.17) is 14.5 Å². The molecule has 12 heteroatoms. The van der Waals surface area contributed by atoms with Crippen LogP contribution in [0.2, 0.25) is 0 Å². The number of alkyl halides is 3. The van der Waals surface area contributed by atoms with Crippen LogP contribution in [-0.4, -0.2) is 58.8 Å². The lowest BCUT2D eigenvalue weighted by Gasteiger charge is -2.17. The average Bonchev–Trinajstić information content (AvgIpc) is 3.57. The maximum atomic E-state index is 13.0. The first-order chi connectivity index (χ1) is 16.6. The molecule has 4 aromatic rings. The lowest BCUT2D eigenvalue weighted by Crippen LogP contribution is -2.24. The molecule has 0 bridgehead atoms. The van der Waals surface area contributed by atoms with E-state index in [1.807, 2.05) is 20.0 Å². The van der Waals surface area contributed by atoms with Crippen LogP contribution in [0.15, 0.2) is 43.2 Å². The van der Waals surface area contributed by atoms with E-state index in [-0.39, 0.29) is 6.10 Å². The quantitative estimate of drug-likeness (QED) is 0.380. The molecule has 0 N–H and O–H groups in total. The maximum absolute atomic E-state index is 13.0. The van der Waals surface area contributed by atoms with Crippen molar-refractivity contribution in [3.8, 4) is 22.5 Å². The predicted octanol–water partition coefficient (Wildman–Crippen LogP) is 4.51. The first kappa shape index (κ1) is 23.5. The van der Waals surface area contributed by atoms with Crippen LogP contribution in [0, 0.1) is 0 Å². The van der Waals surface area contributed by atoms with Crippen LogP contribution < -0.4 is 0 Å². The van der Waals surface area contributed by atoms with E-state index in [0.29, 0.717) is 36.5 Å². The Balaban J connectivity index is 1.44. The third kappa shape index (κ3) is 5.08. The van der Waals surface area contributed by atoms with Crippen molar-refractivity contribution in [1.82, 2.24) is 34.2 Å². The molecule has 0 radical (unpaired) electrons. The van der Waals surface area contributed by atoms with Crippen LogP contribution in [0.1, 0.15) is 39.7 Å². The number of aromatic nitrogens is 7. The summed E-state index contributed by atoms with van der Waals surface area (Å²) in [5.74, 6) is -0.608. The fraction of sp³-hybridized carbons (Fsp3) is 0.478. The van der Waals surface area contributed by atoms with Crippen molar-refractivity contribution in [2.24, 2.45) is 0 Å². The average molecular weight is 490 g/mol. The molecular formula is C23H26F3N7O2. The zero-order valence-corrected chi connectivity index (χ0v) is 19.6. The van der Waals surface area contributed by atoms with E-state index in [2.05, 4.69) is 15.3 Å². The summed E-state index contributed by atoms with van der Waals surface area (Å²) < 4.78 is 55.3. The van der Waals surface area contributed by atoms with Crippen LogP contribution in [0.25, 0.3) is 28.0 Å². The summed E-state index contributed by atoms with van der Waals surface area (Å²) in [5.41, 5.74) is 3.32. The smallest absolute Gasteiger partial charge is 0.348 e. The van der Waals surface area contributed by atoms with Gasteiger partial charge in [-0.1, -0.05) is 6.92 Å². The highest BCUT2D eigenvalue weighted by Crippen LogP contribution is 2.32. The highest BCUT2D eigenvalue weighted by atomic mass is 19.4. The van der Waals surface area contributed by atoms with Crippen molar-refractivity contribution in [2.75, 3.05) is 6.61 Å². The zero-order chi connectivity index (χ0) is 24.8. The second-order valence-electron chi connectivity index (χ2n) is 9.13. The van der Waals surface area contributed by atoms with Crippen LogP contribution >= 0.6 is 0 Å². The second-order valence-corrected chi connectivity index (χ2v) is 9.13. The Bertz CT molecular complexity index is 1320. The molecule has 35 heavy (non-hydrogen) atoms. The normalized spacial score (nSPS) is 19.0. The van der Waals surface area contributed by atoms with Gasteiger partial charge in [0, 0.05) is 23.5 Å². The van der Waals surface area contributed by atoms with Crippen LogP contribution in [0.5, 0.6) is 0 Å². The molecule has 5 rings (SSSR count). The molecule has 5 heterocycles. The van der Waals surface area contributed by atoms with Crippen molar-refractivity contribution < 1.29 is 22.6 Å². The van der Waals surface area contributed by atoms with Crippen molar-refractivity contribution in [3.05, 3.63) is 43.2 Å². The minimum atomic E-state index is -4.27. The first-order valence-corrected chi connectivity index (χ1v) is 11.4. The van der Waals surface area contributed by atoms with Crippen LogP contribution in [0.4, 0.5) is 13.2 Å². The second kappa shape index (κ2) is 8.76. The Morgan fingerprint density at radius 3 is 2.63 bits per heavy atom. The lowest BCUT2D eigenvalue weighted by atomic mass is 10.1. The Morgan fingerprint density at radius 2 is 1.91 bits per heavy atom. The molecule has 0 aromatic carbocycles. The molecule has 0 aliphatic carbocycles. The first-order valence-electron chi connectivity index (χ1n) is 11.4. The molecule has 2 unspecified atom stereocenters. The van der Waals surface area contributed by atoms with Crippen LogP contribution in [-0.2, 0) is 16.0 Å². The summed E-state index contributed by atoms with van der Waals surface area (Å²) in [6.45, 7) is 6.49. The molecule has 4 aromatic heterocycles. The Morgan fingerprint density at radius 1 is 1.11 bits per heavy atom. The molecule has 1 saturated heterocycles. The molecule has 0 amide bonds. The Kier molecular flexibility index (Phi) is 5.88. The molecule has 1 fully saturated rings. The van der Waals surface area contributed by atoms with Crippen molar-refractivity contribution in [3.63, 3.8) is 0 Å². The van der Waals surface area contributed by atoms with Gasteiger partial charge in [-0.15, -0.1) is 0 Å². The van der Waals surface area contributed by atoms with Crippen molar-refractivity contribution >= 4 is 5.52 Å². The topological polar surface area (TPSA) is 84.3 Å². The molecule has 9 nitrogen and oxygen atoms in total. The molecule has 1 aliphatic heterocycles. The summed E-state index contributed by atoms with van der Waals surface area (Å²) in [6, 6.07) is 1.02. The van der Waals surface area contributed by atoms with E-state index in [1.165, 1.54) is 4.68 Å². The summed E-state index contributed by atoms with van der Waals surface area (Å²) in [6.07, 6.45) is 5.17. The van der Waals surface area contributed by atoms with Gasteiger partial charge in [0.2, 0.25) is 0 Å². The molecule has 2 atom stereocenters. The van der Waals surface area contributed by atoms with E-state index in [0.717, 1.165) is 11.1 Å². The van der Waals surface area contributed by atoms with Gasteiger partial charge in [0.15, 0.2) is 5.79 Å². The number of fused-ring (bicyclic) bond motifs is 1. The monoisotopic (exact) mass is 489 g/mol. The standard InChI is InChI=1S/C23H26F3N7O2/c1-4-17(7-23(24,25)26)32-11-16(9-29-32)21-20-5-6-27-33(20)13-19(30-21)15-8-28-31(10-15)12-18-14-34-22(2,3)35-18/h5-6,8-11,13,17-18H,4,7,12,14H2,1-3H3. The molecule has 0 saturated carbocycles. The molecule has 186 valence electrons. The van der Waals surface area contributed by atoms with Gasteiger partial charge in [0.25, 0.3) is 0 Å². The predicted molar refractivity (Wildman–Crippen MR) is 120 cm³/mol. The fourth-order valence-corrected chi connectivity index (χ4v) is 4.29. The fourth-order valence-electron chi connectivity index (χ4n) is 4.29. The van der Waals surface area contributed by atoms with Gasteiger partial charge in [-0.25, -0.2) is 9.50 Å². The van der Waals surface area contributed by atoms with Gasteiger partial charge >= 0.3 is 6.18 Å². The molecule has 0 spiro atoms. The summed E-state index contributed by atoms with van der Waals surface area (Å²) in [5, 5.41) is 13.0. The third-order valence-corrected chi connectivity index (χ3v) is 5.96. The minimum Gasteiger partial charge on any atom is -0.348 e. The van der Waals surface area contributed by atoms with E-state index in [1.54, 1.807) is 53.2 Å². The number of hydrogen-bond acceptors (Lipinski definition) is 6. The van der Waals surface area contributed by atoms with Crippen molar-refractivity contribution in [2.45, 2.75) is 64.3 Å². The maximum Gasteiger partial charge on any atom is 0.391 e. The Labute approximate surface area is 199 Å². The van der Waals surface area contributed by atoms with Gasteiger partial charge in [-0.3, -0.25) is 9.36 Å². The van der Waals surface area contributed by atoms with Gasteiger partial charge in [0.1, 0.15) is 6.10 Å². The summed E-state index contributed by atoms with van der Waals surface area (Å²) in [7, 11) is 0. The number of halogens is 3. The lowest BCUT2D eigenvalue weighted by molar-refractivity contribution is -0.143. The third-order valence-electron chi connectivity index (χ3n) is 5.96. The minimum absolute atomic E-state index is 0.107. The van der Waals surface area contributed by atoms with Gasteiger partial charge < -0.3 is 9.47 Å². The SMILES string of the molecule is CCC(CC(F)(F)F)n1cc(-c2nc(-c3cnn(CC4COC(C)(C)O4)c3)cn3nccc23)cn1. The highest BCUT2D eigenvalue weighted by Gasteiger charge is 2.33. The zero-order valence-electron chi connectivity index (χ0n) is 19.6. The largest absolute Gasteiger partial charge is 0.391 e. The number of hydrogen-bond donors (Lipinski definition) is 0. The van der Waals surface area contributed by atoms with Gasteiger partial charge in [-0.05, 0) is 26.3 Å².